The van der Waals surface area contributed by atoms with Crippen LogP contribution in [0.5, 0.6) is 0 Å². The van der Waals surface area contributed by atoms with Crippen LogP contribution in [0.1, 0.15) is 132 Å². The number of hydrogen-bond acceptors (Lipinski definition) is 6. The number of rotatable bonds is 16. The van der Waals surface area contributed by atoms with Gasteiger partial charge in [0.2, 0.25) is 11.5 Å². The molecule has 6 rings (SSSR count). The average molecular weight is 795 g/mol. The Kier molecular flexibility index (Phi) is 13.1. The number of anilines is 1. The lowest BCUT2D eigenvalue weighted by Crippen LogP contribution is -2.32. The first kappa shape index (κ1) is 42.2. The summed E-state index contributed by atoms with van der Waals surface area (Å²) in [4.78, 5) is 28.9. The molecule has 7 nitrogen and oxygen atoms in total. The van der Waals surface area contributed by atoms with Crippen LogP contribution in [0.3, 0.4) is 0 Å². The van der Waals surface area contributed by atoms with Crippen molar-refractivity contribution < 1.29 is 24.4 Å². The number of carbonyl (C=O) groups is 2. The Hall–Kier alpha value is -5.44. The van der Waals surface area contributed by atoms with E-state index in [-0.39, 0.29) is 22.5 Å². The quantitative estimate of drug-likeness (QED) is 0.0492. The highest BCUT2D eigenvalue weighted by atomic mass is 32.1. The van der Waals surface area contributed by atoms with Crippen molar-refractivity contribution in [1.29, 1.82) is 5.26 Å². The summed E-state index contributed by atoms with van der Waals surface area (Å²) in [6.07, 6.45) is 17.6. The third-order valence-electron chi connectivity index (χ3n) is 11.9. The van der Waals surface area contributed by atoms with Gasteiger partial charge < -0.3 is 15.1 Å². The number of carboxylic acid groups (broad SMARTS) is 1. The molecule has 8 heteroatoms. The summed E-state index contributed by atoms with van der Waals surface area (Å²) in [6, 6.07) is 19.9. The van der Waals surface area contributed by atoms with Crippen LogP contribution in [0, 0.1) is 23.2 Å². The summed E-state index contributed by atoms with van der Waals surface area (Å²) in [7, 11) is 0. The second kappa shape index (κ2) is 18.0. The van der Waals surface area contributed by atoms with Gasteiger partial charge in [0.15, 0.2) is 5.71 Å². The standard InChI is InChI=1S/C50H55N3O4S/c1-7-9-10-11-12-13-14-15-16-19-28-53-43-27-23-34(22-24-36-25-26-37(58-36)30-35(33-51)48(56)57)29-41(43)50(5,6)45(53)32-39-46(54)38(47(39)55)31-44-49(3,4)40-20-17-18-21-42(40)52(44)8-2/h17-18,20-21,23,25-27,29-32H,7-16,19,28H2,1-6H3,(H-,54,55,56,57)/p+1/b35-30-. The molecular weight excluding hydrogens is 739 g/mol. The SMILES string of the molecule is CCCCCCCCCCCC[N+]1=C(/C=C2/C(=O)C(/C=C3\N(CC)c4ccccc4C3(C)C)=C2O)C(C)(C)c2cc(C#Cc3ccc(/C=C(/C#N)C(=O)O)s3)ccc21. The number of hydrogen-bond donors (Lipinski definition) is 2. The molecule has 0 saturated heterocycles. The van der Waals surface area contributed by atoms with E-state index >= 15 is 0 Å². The monoisotopic (exact) mass is 794 g/mol. The topological polar surface area (TPSA) is 105 Å². The Bertz CT molecular complexity index is 2360. The Morgan fingerprint density at radius 2 is 1.55 bits per heavy atom. The molecule has 0 unspecified atom stereocenters. The van der Waals surface area contributed by atoms with Gasteiger partial charge in [-0.25, -0.2) is 4.79 Å². The van der Waals surface area contributed by atoms with Gasteiger partial charge in [0.1, 0.15) is 23.9 Å². The molecular formula is C50H56N3O4S+. The predicted molar refractivity (Wildman–Crippen MR) is 236 cm³/mol. The molecule has 2 aliphatic heterocycles. The Morgan fingerprint density at radius 3 is 2.21 bits per heavy atom. The zero-order chi connectivity index (χ0) is 41.6. The number of aliphatic carboxylic acids is 1. The first-order chi connectivity index (χ1) is 27.8. The van der Waals surface area contributed by atoms with Gasteiger partial charge in [0.05, 0.1) is 21.4 Å². The number of carboxylic acids is 1. The first-order valence-corrected chi connectivity index (χ1v) is 21.7. The number of para-hydroxylation sites is 1. The molecule has 0 saturated carbocycles. The molecule has 0 fully saturated rings. The highest BCUT2D eigenvalue weighted by Crippen LogP contribution is 2.49. The van der Waals surface area contributed by atoms with Gasteiger partial charge >= 0.3 is 5.97 Å². The van der Waals surface area contributed by atoms with Gasteiger partial charge in [-0.2, -0.15) is 9.84 Å². The van der Waals surface area contributed by atoms with E-state index in [0.29, 0.717) is 16.0 Å². The summed E-state index contributed by atoms with van der Waals surface area (Å²) in [5.74, 6) is 5.14. The summed E-state index contributed by atoms with van der Waals surface area (Å²) < 4.78 is 2.34. The van der Waals surface area contributed by atoms with Crippen LogP contribution < -0.4 is 4.90 Å². The first-order valence-electron chi connectivity index (χ1n) is 20.9. The fourth-order valence-corrected chi connectivity index (χ4v) is 9.36. The number of aliphatic hydroxyl groups is 1. The van der Waals surface area contributed by atoms with Crippen LogP contribution in [0.25, 0.3) is 6.08 Å². The molecule has 3 aliphatic rings. The normalized spacial score (nSPS) is 18.0. The third-order valence-corrected chi connectivity index (χ3v) is 12.8. The van der Waals surface area contributed by atoms with Crippen molar-refractivity contribution in [2.45, 2.75) is 117 Å². The minimum Gasteiger partial charge on any atom is -0.506 e. The fraction of sp³-hybridized carbons (Fsp3) is 0.400. The number of benzene rings is 2. The molecule has 300 valence electrons. The maximum absolute atomic E-state index is 14.0. The molecule has 1 aliphatic carbocycles. The Morgan fingerprint density at radius 1 is 0.862 bits per heavy atom. The second-order valence-corrected chi connectivity index (χ2v) is 17.7. The molecule has 0 amide bonds. The maximum atomic E-state index is 14.0. The van der Waals surface area contributed by atoms with E-state index in [4.69, 9.17) is 5.26 Å². The molecule has 1 aromatic heterocycles. The summed E-state index contributed by atoms with van der Waals surface area (Å²) in [6.45, 7) is 14.6. The van der Waals surface area contributed by atoms with E-state index in [1.165, 1.54) is 74.3 Å². The number of fused-ring (bicyclic) bond motifs is 2. The third kappa shape index (κ3) is 8.54. The Balaban J connectivity index is 1.28. The number of nitrogens with zero attached hydrogens (tertiary/aromatic N) is 3. The van der Waals surface area contributed by atoms with E-state index in [9.17, 15) is 19.8 Å². The average Bonchev–Trinajstić information content (AvgIpc) is 3.82. The number of nitriles is 1. The number of allylic oxidation sites excluding steroid dienone is 5. The summed E-state index contributed by atoms with van der Waals surface area (Å²) in [5.41, 5.74) is 6.94. The van der Waals surface area contributed by atoms with Crippen LogP contribution >= 0.6 is 11.3 Å². The van der Waals surface area contributed by atoms with E-state index in [1.54, 1.807) is 12.1 Å². The lowest BCUT2D eigenvalue weighted by Gasteiger charge is -2.28. The minimum atomic E-state index is -1.26. The molecule has 58 heavy (non-hydrogen) atoms. The lowest BCUT2D eigenvalue weighted by molar-refractivity contribution is -0.438. The number of thiophene rings is 1. The van der Waals surface area contributed by atoms with E-state index in [2.05, 4.69) is 93.2 Å². The number of Topliss-reactive ketones (excluding diaryl/α,β-unsaturated/α-hetero) is 1. The van der Waals surface area contributed by atoms with Crippen LogP contribution in [0.4, 0.5) is 11.4 Å². The van der Waals surface area contributed by atoms with Gasteiger partial charge in [0, 0.05) is 57.9 Å². The lowest BCUT2D eigenvalue weighted by atomic mass is 9.77. The highest BCUT2D eigenvalue weighted by Gasteiger charge is 2.47. The van der Waals surface area contributed by atoms with Crippen LogP contribution in [-0.4, -0.2) is 45.3 Å². The second-order valence-electron chi connectivity index (χ2n) is 16.6. The molecule has 3 aromatic rings. The van der Waals surface area contributed by atoms with Crippen molar-refractivity contribution in [2.75, 3.05) is 18.0 Å². The van der Waals surface area contributed by atoms with E-state index < -0.39 is 11.4 Å². The smallest absolute Gasteiger partial charge is 0.346 e. The molecule has 3 heterocycles. The van der Waals surface area contributed by atoms with Crippen LogP contribution in [0.15, 0.2) is 94.9 Å². The van der Waals surface area contributed by atoms with Gasteiger partial charge in [-0.3, -0.25) is 4.79 Å². The molecule has 0 spiro atoms. The number of aliphatic hydroxyl groups excluding tert-OH is 1. The maximum Gasteiger partial charge on any atom is 0.346 e. The minimum absolute atomic E-state index is 0.0421. The van der Waals surface area contributed by atoms with E-state index in [1.807, 2.05) is 30.4 Å². The molecule has 0 atom stereocenters. The summed E-state index contributed by atoms with van der Waals surface area (Å²) in [5, 5.41) is 30.0. The van der Waals surface area contributed by atoms with Crippen molar-refractivity contribution >= 4 is 46.3 Å². The van der Waals surface area contributed by atoms with E-state index in [0.717, 1.165) is 64.7 Å². The molecule has 2 N–H and O–H groups in total. The van der Waals surface area contributed by atoms with Gasteiger partial charge in [-0.1, -0.05) is 102 Å². The highest BCUT2D eigenvalue weighted by molar-refractivity contribution is 7.13. The summed E-state index contributed by atoms with van der Waals surface area (Å²) >= 11 is 1.33. The van der Waals surface area contributed by atoms with Crippen molar-refractivity contribution in [3.05, 3.63) is 121 Å². The number of likely N-dealkylation sites (N-methyl/N-ethyl adjacent to an activating group) is 1. The molecule has 0 bridgehead atoms. The van der Waals surface area contributed by atoms with Gasteiger partial charge in [-0.15, -0.1) is 11.3 Å². The molecule has 2 aromatic carbocycles. The molecule has 0 radical (unpaired) electrons. The predicted octanol–water partition coefficient (Wildman–Crippen LogP) is 11.5. The Labute approximate surface area is 348 Å². The van der Waals surface area contributed by atoms with Crippen molar-refractivity contribution in [3.63, 3.8) is 0 Å². The van der Waals surface area contributed by atoms with Crippen LogP contribution in [-0.2, 0) is 20.4 Å². The van der Waals surface area contributed by atoms with Gasteiger partial charge in [-0.05, 0) is 75.2 Å². The number of ketones is 1. The fourth-order valence-electron chi connectivity index (χ4n) is 8.55. The van der Waals surface area contributed by atoms with Crippen LogP contribution in [0.2, 0.25) is 0 Å². The number of unbranched alkanes of at least 4 members (excludes halogenated alkanes) is 9. The zero-order valence-electron chi connectivity index (χ0n) is 34.9. The van der Waals surface area contributed by atoms with Crippen molar-refractivity contribution in [2.24, 2.45) is 0 Å². The largest absolute Gasteiger partial charge is 0.506 e. The van der Waals surface area contributed by atoms with Gasteiger partial charge in [0.25, 0.3) is 0 Å². The number of carbonyl (C=O) groups excluding carboxylic acids is 1. The van der Waals surface area contributed by atoms with Crippen molar-refractivity contribution in [1.82, 2.24) is 0 Å². The zero-order valence-corrected chi connectivity index (χ0v) is 35.7. The van der Waals surface area contributed by atoms with Crippen molar-refractivity contribution in [3.8, 4) is 17.9 Å².